The third-order valence-electron chi connectivity index (χ3n) is 9.36. The van der Waals surface area contributed by atoms with Crippen molar-refractivity contribution in [2.75, 3.05) is 0 Å². The monoisotopic (exact) mass is 336 g/mol. The molecule has 3 N–H and O–H groups in total. The molecule has 8 atom stereocenters. The van der Waals surface area contributed by atoms with Gasteiger partial charge in [-0.05, 0) is 73.0 Å². The van der Waals surface area contributed by atoms with E-state index in [0.717, 1.165) is 25.2 Å². The Labute approximate surface area is 146 Å². The van der Waals surface area contributed by atoms with Gasteiger partial charge < -0.3 is 15.3 Å². The molecular formula is C21H36O3. The zero-order valence-corrected chi connectivity index (χ0v) is 15.7. The molecule has 4 saturated carbocycles. The minimum absolute atomic E-state index is 0.00957. The molecule has 3 heteroatoms. The molecule has 4 rings (SSSR count). The number of hydrogen-bond donors (Lipinski definition) is 3. The summed E-state index contributed by atoms with van der Waals surface area (Å²) >= 11 is 0. The standard InChI is InChI=1S/C21H36O3/c1-4-15-18(22)21(23,24)17-14-9-8-13-7-5-6-11-19(13,2)16(14)10-12-20(15,17)3/h13-18,22-24H,4-12H2,1-3H3/t13?,14-,15+,16+,17+,18?,19+,20-/m1/s1. The zero-order chi connectivity index (χ0) is 17.3. The fourth-order valence-electron chi connectivity index (χ4n) is 8.28. The summed E-state index contributed by atoms with van der Waals surface area (Å²) in [6.07, 6.45) is 9.84. The molecule has 0 bridgehead atoms. The third kappa shape index (κ3) is 2.01. The van der Waals surface area contributed by atoms with Crippen LogP contribution in [0.15, 0.2) is 0 Å². The highest BCUT2D eigenvalue weighted by atomic mass is 16.5. The van der Waals surface area contributed by atoms with Crippen LogP contribution >= 0.6 is 0 Å². The minimum atomic E-state index is -1.91. The van der Waals surface area contributed by atoms with E-state index in [1.54, 1.807) is 0 Å². The lowest BCUT2D eigenvalue weighted by molar-refractivity contribution is -0.269. The van der Waals surface area contributed by atoms with Crippen molar-refractivity contribution in [1.82, 2.24) is 0 Å². The first kappa shape index (κ1) is 17.3. The van der Waals surface area contributed by atoms with Gasteiger partial charge in [0.25, 0.3) is 0 Å². The predicted molar refractivity (Wildman–Crippen MR) is 94.1 cm³/mol. The molecule has 3 nitrogen and oxygen atoms in total. The maximum atomic E-state index is 10.9. The van der Waals surface area contributed by atoms with E-state index < -0.39 is 11.9 Å². The molecule has 24 heavy (non-hydrogen) atoms. The number of aliphatic hydroxyl groups excluding tert-OH is 1. The molecule has 4 aliphatic carbocycles. The van der Waals surface area contributed by atoms with E-state index >= 15 is 0 Å². The third-order valence-corrected chi connectivity index (χ3v) is 9.36. The average molecular weight is 337 g/mol. The van der Waals surface area contributed by atoms with Crippen LogP contribution in [0.25, 0.3) is 0 Å². The van der Waals surface area contributed by atoms with E-state index in [4.69, 9.17) is 0 Å². The first-order valence-electron chi connectivity index (χ1n) is 10.4. The molecule has 0 amide bonds. The number of rotatable bonds is 1. The molecule has 0 aliphatic heterocycles. The van der Waals surface area contributed by atoms with Crippen molar-refractivity contribution in [3.8, 4) is 0 Å². The van der Waals surface area contributed by atoms with Crippen LogP contribution in [-0.2, 0) is 0 Å². The Morgan fingerprint density at radius 3 is 2.38 bits per heavy atom. The first-order valence-corrected chi connectivity index (χ1v) is 10.4. The lowest BCUT2D eigenvalue weighted by Crippen LogP contribution is -2.57. The van der Waals surface area contributed by atoms with Crippen LogP contribution in [0.5, 0.6) is 0 Å². The summed E-state index contributed by atoms with van der Waals surface area (Å²) in [4.78, 5) is 0. The molecule has 138 valence electrons. The lowest BCUT2D eigenvalue weighted by Gasteiger charge is -2.61. The molecule has 0 saturated heterocycles. The molecule has 0 spiro atoms. The summed E-state index contributed by atoms with van der Waals surface area (Å²) in [7, 11) is 0. The van der Waals surface area contributed by atoms with Gasteiger partial charge in [0, 0.05) is 5.92 Å². The highest BCUT2D eigenvalue weighted by molar-refractivity contribution is 5.15. The van der Waals surface area contributed by atoms with Gasteiger partial charge in [0.2, 0.25) is 0 Å². The van der Waals surface area contributed by atoms with Crippen molar-refractivity contribution in [1.29, 1.82) is 0 Å². The lowest BCUT2D eigenvalue weighted by atomic mass is 9.44. The van der Waals surface area contributed by atoms with Gasteiger partial charge in [-0.15, -0.1) is 0 Å². The van der Waals surface area contributed by atoms with Crippen LogP contribution in [0.1, 0.15) is 78.6 Å². The molecular weight excluding hydrogens is 300 g/mol. The van der Waals surface area contributed by atoms with Crippen molar-refractivity contribution in [3.63, 3.8) is 0 Å². The summed E-state index contributed by atoms with van der Waals surface area (Å²) in [5.41, 5.74) is 0.254. The number of aliphatic hydroxyl groups is 3. The quantitative estimate of drug-likeness (QED) is 0.640. The maximum absolute atomic E-state index is 10.9. The summed E-state index contributed by atoms with van der Waals surface area (Å²) in [6, 6.07) is 0. The van der Waals surface area contributed by atoms with Crippen molar-refractivity contribution >= 4 is 0 Å². The SMILES string of the molecule is CC[C@H]1C(O)C(O)(O)[C@H]2[C@@H]3CCC4CCCC[C@]4(C)[C@H]3CC[C@@]21C. The molecule has 4 aliphatic rings. The van der Waals surface area contributed by atoms with Gasteiger partial charge in [0.05, 0.1) is 0 Å². The van der Waals surface area contributed by atoms with Crippen LogP contribution in [0, 0.1) is 40.4 Å². The van der Waals surface area contributed by atoms with Crippen LogP contribution in [-0.4, -0.2) is 27.2 Å². The second-order valence-corrected chi connectivity index (χ2v) is 10.1. The van der Waals surface area contributed by atoms with Crippen molar-refractivity contribution in [3.05, 3.63) is 0 Å². The smallest absolute Gasteiger partial charge is 0.193 e. The number of hydrogen-bond acceptors (Lipinski definition) is 3. The normalized spacial score (nSPS) is 56.2. The van der Waals surface area contributed by atoms with Gasteiger partial charge >= 0.3 is 0 Å². The Hall–Kier alpha value is -0.120. The molecule has 0 aromatic rings. The molecule has 0 radical (unpaired) electrons. The number of fused-ring (bicyclic) bond motifs is 5. The summed E-state index contributed by atoms with van der Waals surface area (Å²) in [6.45, 7) is 6.81. The van der Waals surface area contributed by atoms with Crippen molar-refractivity contribution < 1.29 is 15.3 Å². The Morgan fingerprint density at radius 1 is 0.917 bits per heavy atom. The fourth-order valence-corrected chi connectivity index (χ4v) is 8.28. The van der Waals surface area contributed by atoms with E-state index in [1.165, 1.54) is 38.5 Å². The maximum Gasteiger partial charge on any atom is 0.193 e. The minimum Gasteiger partial charge on any atom is -0.387 e. The van der Waals surface area contributed by atoms with E-state index in [1.807, 2.05) is 0 Å². The fraction of sp³-hybridized carbons (Fsp3) is 1.00. The van der Waals surface area contributed by atoms with Crippen LogP contribution < -0.4 is 0 Å². The van der Waals surface area contributed by atoms with Crippen molar-refractivity contribution in [2.45, 2.75) is 90.4 Å². The van der Waals surface area contributed by atoms with E-state index in [-0.39, 0.29) is 17.3 Å². The van der Waals surface area contributed by atoms with Crippen LogP contribution in [0.2, 0.25) is 0 Å². The van der Waals surface area contributed by atoms with E-state index in [2.05, 4.69) is 20.8 Å². The predicted octanol–water partition coefficient (Wildman–Crippen LogP) is 3.71. The van der Waals surface area contributed by atoms with Crippen LogP contribution in [0.4, 0.5) is 0 Å². The molecule has 0 aromatic carbocycles. The Kier molecular flexibility index (Phi) is 3.92. The average Bonchev–Trinajstić information content (AvgIpc) is 2.69. The highest BCUT2D eigenvalue weighted by Crippen LogP contribution is 2.69. The molecule has 2 unspecified atom stereocenters. The topological polar surface area (TPSA) is 60.7 Å². The summed E-state index contributed by atoms with van der Waals surface area (Å²) in [5, 5.41) is 32.6. The first-order chi connectivity index (χ1) is 11.3. The summed E-state index contributed by atoms with van der Waals surface area (Å²) in [5.74, 6) is -0.257. The van der Waals surface area contributed by atoms with Crippen LogP contribution in [0.3, 0.4) is 0 Å². The van der Waals surface area contributed by atoms with E-state index in [0.29, 0.717) is 17.3 Å². The molecule has 0 aromatic heterocycles. The second kappa shape index (κ2) is 5.44. The van der Waals surface area contributed by atoms with Gasteiger partial charge in [0.1, 0.15) is 6.10 Å². The van der Waals surface area contributed by atoms with Gasteiger partial charge in [-0.25, -0.2) is 0 Å². The van der Waals surface area contributed by atoms with Gasteiger partial charge in [-0.2, -0.15) is 0 Å². The molecule has 0 heterocycles. The van der Waals surface area contributed by atoms with Gasteiger partial charge in [-0.3, -0.25) is 0 Å². The summed E-state index contributed by atoms with van der Waals surface area (Å²) < 4.78 is 0. The Bertz CT molecular complexity index is 503. The Morgan fingerprint density at radius 2 is 1.67 bits per heavy atom. The Balaban J connectivity index is 1.73. The zero-order valence-electron chi connectivity index (χ0n) is 15.7. The highest BCUT2D eigenvalue weighted by Gasteiger charge is 2.70. The van der Waals surface area contributed by atoms with Gasteiger partial charge in [0.15, 0.2) is 5.79 Å². The van der Waals surface area contributed by atoms with Gasteiger partial charge in [-0.1, -0.05) is 40.0 Å². The van der Waals surface area contributed by atoms with Crippen molar-refractivity contribution in [2.24, 2.45) is 40.4 Å². The molecule has 4 fully saturated rings. The van der Waals surface area contributed by atoms with E-state index in [9.17, 15) is 15.3 Å². The largest absolute Gasteiger partial charge is 0.387 e. The second-order valence-electron chi connectivity index (χ2n) is 10.1.